The summed E-state index contributed by atoms with van der Waals surface area (Å²) in [4.78, 5) is 14.6. The highest BCUT2D eigenvalue weighted by atomic mass is 35.5. The summed E-state index contributed by atoms with van der Waals surface area (Å²) in [6, 6.07) is 12.9. The first-order chi connectivity index (χ1) is 13.0. The molecule has 0 radical (unpaired) electrons. The lowest BCUT2D eigenvalue weighted by molar-refractivity contribution is -0.121. The summed E-state index contributed by atoms with van der Waals surface area (Å²) in [6.07, 6.45) is 1.84. The zero-order valence-electron chi connectivity index (χ0n) is 14.9. The molecule has 3 rings (SSSR count). The quantitative estimate of drug-likeness (QED) is 0.478. The lowest BCUT2D eigenvalue weighted by Crippen LogP contribution is -2.27. The molecule has 4 nitrogen and oxygen atoms in total. The van der Waals surface area contributed by atoms with Crippen LogP contribution in [0.1, 0.15) is 18.1 Å². The van der Waals surface area contributed by atoms with Crippen LogP contribution in [-0.4, -0.2) is 28.8 Å². The number of nitrogens with zero attached hydrogens (tertiary/aromatic N) is 1. The van der Waals surface area contributed by atoms with Gasteiger partial charge in [-0.1, -0.05) is 47.7 Å². The van der Waals surface area contributed by atoms with Crippen molar-refractivity contribution < 1.29 is 14.3 Å². The van der Waals surface area contributed by atoms with Crippen molar-refractivity contribution >= 4 is 51.9 Å². The second-order valence-corrected chi connectivity index (χ2v) is 7.86. The molecular formula is C20H18ClNO3S2. The predicted octanol–water partition coefficient (Wildman–Crippen LogP) is 5.15. The van der Waals surface area contributed by atoms with Gasteiger partial charge in [0.15, 0.2) is 0 Å². The molecule has 2 aromatic carbocycles. The largest absolute Gasteiger partial charge is 0.496 e. The van der Waals surface area contributed by atoms with Crippen LogP contribution >= 0.6 is 35.6 Å². The van der Waals surface area contributed by atoms with Crippen LogP contribution in [0.4, 0.5) is 0 Å². The van der Waals surface area contributed by atoms with Crippen molar-refractivity contribution in [2.24, 2.45) is 0 Å². The first-order valence-electron chi connectivity index (χ1n) is 8.32. The molecular weight excluding hydrogens is 402 g/mol. The fourth-order valence-electron chi connectivity index (χ4n) is 2.64. The Morgan fingerprint density at radius 3 is 2.74 bits per heavy atom. The minimum atomic E-state index is -0.0555. The first kappa shape index (κ1) is 19.7. The second kappa shape index (κ2) is 8.78. The monoisotopic (exact) mass is 419 g/mol. The minimum absolute atomic E-state index is 0.0555. The number of halogens is 1. The van der Waals surface area contributed by atoms with E-state index in [0.717, 1.165) is 16.9 Å². The zero-order valence-corrected chi connectivity index (χ0v) is 17.3. The van der Waals surface area contributed by atoms with Crippen molar-refractivity contribution in [1.82, 2.24) is 4.90 Å². The summed E-state index contributed by atoms with van der Waals surface area (Å²) in [7, 11) is 1.62. The van der Waals surface area contributed by atoms with Crippen molar-refractivity contribution in [2.75, 3.05) is 13.7 Å². The van der Waals surface area contributed by atoms with Gasteiger partial charge in [-0.2, -0.15) is 0 Å². The molecule has 0 saturated carbocycles. The van der Waals surface area contributed by atoms with Crippen LogP contribution < -0.4 is 9.47 Å². The number of carbonyl (C=O) groups is 1. The van der Waals surface area contributed by atoms with E-state index >= 15 is 0 Å². The number of likely N-dealkylation sites (N-methyl/N-ethyl adjacent to an activating group) is 1. The predicted molar refractivity (Wildman–Crippen MR) is 114 cm³/mol. The van der Waals surface area contributed by atoms with Gasteiger partial charge in [0, 0.05) is 17.1 Å². The smallest absolute Gasteiger partial charge is 0.266 e. The van der Waals surface area contributed by atoms with Crippen LogP contribution in [0.15, 0.2) is 47.4 Å². The molecule has 0 unspecified atom stereocenters. The summed E-state index contributed by atoms with van der Waals surface area (Å²) in [5.74, 6) is 1.34. The molecule has 1 aliphatic heterocycles. The van der Waals surface area contributed by atoms with Crippen molar-refractivity contribution in [3.05, 3.63) is 63.5 Å². The van der Waals surface area contributed by atoms with Gasteiger partial charge in [0.05, 0.1) is 12.0 Å². The molecule has 0 aliphatic carbocycles. The van der Waals surface area contributed by atoms with E-state index in [1.807, 2.05) is 43.3 Å². The van der Waals surface area contributed by atoms with Crippen LogP contribution in [0, 0.1) is 0 Å². The fraction of sp³-hybridized carbons (Fsp3) is 0.200. The van der Waals surface area contributed by atoms with E-state index in [1.165, 1.54) is 11.8 Å². The molecule has 1 aliphatic rings. The SMILES string of the molecule is CCN1C(=O)/C(=C\c2ccc(OC)c(COc3cccc(Cl)c3)c2)SC1=S. The Bertz CT molecular complexity index is 914. The van der Waals surface area contributed by atoms with Crippen LogP contribution in [0.3, 0.4) is 0 Å². The van der Waals surface area contributed by atoms with E-state index in [1.54, 1.807) is 24.1 Å². The van der Waals surface area contributed by atoms with Gasteiger partial charge in [0.1, 0.15) is 22.4 Å². The molecule has 0 atom stereocenters. The summed E-state index contributed by atoms with van der Waals surface area (Å²) in [6.45, 7) is 2.80. The van der Waals surface area contributed by atoms with E-state index < -0.39 is 0 Å². The standard InChI is InChI=1S/C20H18ClNO3S2/c1-3-22-19(23)18(27-20(22)26)10-13-7-8-17(24-2)14(9-13)12-25-16-6-4-5-15(21)11-16/h4-11H,3,12H2,1-2H3/b18-10+. The molecule has 1 amide bonds. The number of hydrogen-bond acceptors (Lipinski definition) is 5. The zero-order chi connectivity index (χ0) is 19.4. The van der Waals surface area contributed by atoms with E-state index in [0.29, 0.717) is 33.1 Å². The molecule has 1 fully saturated rings. The number of thiocarbonyl (C=S) groups is 1. The Balaban J connectivity index is 1.82. The Morgan fingerprint density at radius 2 is 2.07 bits per heavy atom. The Labute approximate surface area is 173 Å². The summed E-state index contributed by atoms with van der Waals surface area (Å²) in [5, 5.41) is 0.617. The van der Waals surface area contributed by atoms with E-state index in [-0.39, 0.29) is 5.91 Å². The maximum atomic E-state index is 12.4. The van der Waals surface area contributed by atoms with E-state index in [4.69, 9.17) is 33.3 Å². The van der Waals surface area contributed by atoms with Crippen molar-refractivity contribution in [3.8, 4) is 11.5 Å². The lowest BCUT2D eigenvalue weighted by Gasteiger charge is -2.12. The third-order valence-corrected chi connectivity index (χ3v) is 5.60. The summed E-state index contributed by atoms with van der Waals surface area (Å²) >= 11 is 12.6. The van der Waals surface area contributed by atoms with Crippen LogP contribution in [0.2, 0.25) is 5.02 Å². The number of carbonyl (C=O) groups excluding carboxylic acids is 1. The van der Waals surface area contributed by atoms with Crippen LogP contribution in [0.25, 0.3) is 6.08 Å². The lowest BCUT2D eigenvalue weighted by atomic mass is 10.1. The third kappa shape index (κ3) is 4.64. The minimum Gasteiger partial charge on any atom is -0.496 e. The van der Waals surface area contributed by atoms with Gasteiger partial charge in [-0.3, -0.25) is 9.69 Å². The Hall–Kier alpha value is -2.02. The van der Waals surface area contributed by atoms with Gasteiger partial charge in [-0.05, 0) is 48.9 Å². The normalized spacial score (nSPS) is 15.5. The number of thioether (sulfide) groups is 1. The number of methoxy groups -OCH3 is 1. The van der Waals surface area contributed by atoms with Crippen LogP contribution in [-0.2, 0) is 11.4 Å². The van der Waals surface area contributed by atoms with Crippen molar-refractivity contribution in [3.63, 3.8) is 0 Å². The van der Waals surface area contributed by atoms with Gasteiger partial charge < -0.3 is 9.47 Å². The molecule has 7 heteroatoms. The van der Waals surface area contributed by atoms with E-state index in [9.17, 15) is 4.79 Å². The summed E-state index contributed by atoms with van der Waals surface area (Å²) in [5.41, 5.74) is 1.76. The fourth-order valence-corrected chi connectivity index (χ4v) is 4.21. The van der Waals surface area contributed by atoms with Crippen molar-refractivity contribution in [2.45, 2.75) is 13.5 Å². The van der Waals surface area contributed by atoms with Crippen molar-refractivity contribution in [1.29, 1.82) is 0 Å². The van der Waals surface area contributed by atoms with Crippen LogP contribution in [0.5, 0.6) is 11.5 Å². The highest BCUT2D eigenvalue weighted by molar-refractivity contribution is 8.26. The average molecular weight is 420 g/mol. The highest BCUT2D eigenvalue weighted by Crippen LogP contribution is 2.33. The average Bonchev–Trinajstić information content (AvgIpc) is 2.93. The number of rotatable bonds is 6. The van der Waals surface area contributed by atoms with E-state index in [2.05, 4.69) is 0 Å². The maximum absolute atomic E-state index is 12.4. The van der Waals surface area contributed by atoms with Gasteiger partial charge in [0.25, 0.3) is 5.91 Å². The Kier molecular flexibility index (Phi) is 6.42. The second-order valence-electron chi connectivity index (χ2n) is 5.74. The van der Waals surface area contributed by atoms with Gasteiger partial charge in [-0.25, -0.2) is 0 Å². The van der Waals surface area contributed by atoms with Gasteiger partial charge in [-0.15, -0.1) is 0 Å². The molecule has 27 heavy (non-hydrogen) atoms. The number of ether oxygens (including phenoxy) is 2. The number of hydrogen-bond donors (Lipinski definition) is 0. The molecule has 1 heterocycles. The molecule has 0 bridgehead atoms. The molecule has 0 spiro atoms. The maximum Gasteiger partial charge on any atom is 0.266 e. The summed E-state index contributed by atoms with van der Waals surface area (Å²) < 4.78 is 11.8. The third-order valence-electron chi connectivity index (χ3n) is 3.98. The number of amides is 1. The van der Waals surface area contributed by atoms with Gasteiger partial charge in [0.2, 0.25) is 0 Å². The molecule has 140 valence electrons. The molecule has 2 aromatic rings. The highest BCUT2D eigenvalue weighted by Gasteiger charge is 2.30. The topological polar surface area (TPSA) is 38.8 Å². The Morgan fingerprint density at radius 1 is 1.26 bits per heavy atom. The number of benzene rings is 2. The molecule has 0 N–H and O–H groups in total. The first-order valence-corrected chi connectivity index (χ1v) is 9.92. The molecule has 1 saturated heterocycles. The van der Waals surface area contributed by atoms with Gasteiger partial charge >= 0.3 is 0 Å². The molecule has 0 aromatic heterocycles.